The molecule has 0 aliphatic heterocycles. The first-order valence-corrected chi connectivity index (χ1v) is 5.99. The van der Waals surface area contributed by atoms with E-state index in [0.717, 1.165) is 12.8 Å². The second-order valence-corrected chi connectivity index (χ2v) is 3.96. The smallest absolute Gasteiger partial charge is 0.191 e. The molecule has 0 aliphatic carbocycles. The Bertz CT molecular complexity index is 360. The lowest BCUT2D eigenvalue weighted by atomic mass is 10.1. The molecular weight excluding hydrogens is 216 g/mol. The summed E-state index contributed by atoms with van der Waals surface area (Å²) in [5, 5.41) is 0. The zero-order valence-electron chi connectivity index (χ0n) is 10.7. The average Bonchev–Trinajstić information content (AvgIpc) is 2.38. The maximum atomic E-state index is 12.0. The summed E-state index contributed by atoms with van der Waals surface area (Å²) in [6.45, 7) is 4.52. The Morgan fingerprint density at radius 1 is 1.41 bits per heavy atom. The molecule has 0 bridgehead atoms. The van der Waals surface area contributed by atoms with E-state index in [1.807, 2.05) is 12.1 Å². The SMILES string of the molecule is CCCCOC(C)C(=O)c1cccc(OC)c1. The lowest BCUT2D eigenvalue weighted by molar-refractivity contribution is 0.0467. The normalized spacial score (nSPS) is 12.2. The molecule has 0 radical (unpaired) electrons. The summed E-state index contributed by atoms with van der Waals surface area (Å²) in [5.74, 6) is 0.691. The first-order chi connectivity index (χ1) is 8.19. The van der Waals surface area contributed by atoms with Gasteiger partial charge in [-0.25, -0.2) is 0 Å². The predicted octanol–water partition coefficient (Wildman–Crippen LogP) is 3.08. The lowest BCUT2D eigenvalue weighted by Gasteiger charge is -2.12. The molecule has 94 valence electrons. The molecule has 3 nitrogen and oxygen atoms in total. The van der Waals surface area contributed by atoms with E-state index in [4.69, 9.17) is 9.47 Å². The third-order valence-electron chi connectivity index (χ3n) is 2.59. The predicted molar refractivity (Wildman–Crippen MR) is 67.6 cm³/mol. The summed E-state index contributed by atoms with van der Waals surface area (Å²) in [7, 11) is 1.59. The molecule has 1 rings (SSSR count). The summed E-state index contributed by atoms with van der Waals surface area (Å²) < 4.78 is 10.6. The molecule has 0 saturated heterocycles. The Hall–Kier alpha value is -1.35. The van der Waals surface area contributed by atoms with Crippen LogP contribution in [0.2, 0.25) is 0 Å². The zero-order chi connectivity index (χ0) is 12.7. The van der Waals surface area contributed by atoms with Crippen molar-refractivity contribution in [1.82, 2.24) is 0 Å². The minimum atomic E-state index is -0.395. The van der Waals surface area contributed by atoms with E-state index in [1.54, 1.807) is 26.2 Å². The van der Waals surface area contributed by atoms with Crippen molar-refractivity contribution in [2.45, 2.75) is 32.8 Å². The van der Waals surface area contributed by atoms with Gasteiger partial charge in [-0.15, -0.1) is 0 Å². The molecule has 0 aromatic heterocycles. The van der Waals surface area contributed by atoms with Crippen LogP contribution in [-0.4, -0.2) is 25.6 Å². The van der Waals surface area contributed by atoms with Crippen LogP contribution in [0.3, 0.4) is 0 Å². The van der Waals surface area contributed by atoms with Gasteiger partial charge in [0.15, 0.2) is 5.78 Å². The lowest BCUT2D eigenvalue weighted by Crippen LogP contribution is -2.21. The van der Waals surface area contributed by atoms with E-state index in [1.165, 1.54) is 0 Å². The largest absolute Gasteiger partial charge is 0.497 e. The van der Waals surface area contributed by atoms with Crippen molar-refractivity contribution in [2.75, 3.05) is 13.7 Å². The maximum Gasteiger partial charge on any atom is 0.191 e. The third-order valence-corrected chi connectivity index (χ3v) is 2.59. The Balaban J connectivity index is 2.61. The Labute approximate surface area is 103 Å². The van der Waals surface area contributed by atoms with Gasteiger partial charge in [0.1, 0.15) is 11.9 Å². The molecule has 1 atom stereocenters. The number of ether oxygens (including phenoxy) is 2. The van der Waals surface area contributed by atoms with E-state index in [-0.39, 0.29) is 5.78 Å². The van der Waals surface area contributed by atoms with E-state index >= 15 is 0 Å². The van der Waals surface area contributed by atoms with Crippen molar-refractivity contribution >= 4 is 5.78 Å². The van der Waals surface area contributed by atoms with E-state index < -0.39 is 6.10 Å². The van der Waals surface area contributed by atoms with E-state index in [9.17, 15) is 4.79 Å². The number of rotatable bonds is 7. The summed E-state index contributed by atoms with van der Waals surface area (Å²) in [5.41, 5.74) is 0.633. The Morgan fingerprint density at radius 3 is 2.82 bits per heavy atom. The standard InChI is InChI=1S/C14H20O3/c1-4-5-9-17-11(2)14(15)12-7-6-8-13(10-12)16-3/h6-8,10-11H,4-5,9H2,1-3H3. The number of hydrogen-bond donors (Lipinski definition) is 0. The first kappa shape index (κ1) is 13.7. The zero-order valence-corrected chi connectivity index (χ0v) is 10.7. The van der Waals surface area contributed by atoms with Crippen molar-refractivity contribution in [2.24, 2.45) is 0 Å². The molecule has 3 heteroatoms. The number of hydrogen-bond acceptors (Lipinski definition) is 3. The minimum absolute atomic E-state index is 0.00000283. The quantitative estimate of drug-likeness (QED) is 0.539. The Kier molecular flexibility index (Phi) is 5.70. The minimum Gasteiger partial charge on any atom is -0.497 e. The van der Waals surface area contributed by atoms with Gasteiger partial charge in [0, 0.05) is 12.2 Å². The molecular formula is C14H20O3. The molecule has 0 saturated carbocycles. The summed E-state index contributed by atoms with van der Waals surface area (Å²) >= 11 is 0. The van der Waals surface area contributed by atoms with Crippen LogP contribution >= 0.6 is 0 Å². The highest BCUT2D eigenvalue weighted by molar-refractivity contribution is 5.99. The van der Waals surface area contributed by atoms with Gasteiger partial charge >= 0.3 is 0 Å². The van der Waals surface area contributed by atoms with Crippen molar-refractivity contribution < 1.29 is 14.3 Å². The Morgan fingerprint density at radius 2 is 2.18 bits per heavy atom. The van der Waals surface area contributed by atoms with Crippen LogP contribution in [-0.2, 0) is 4.74 Å². The van der Waals surface area contributed by atoms with Gasteiger partial charge in [0.25, 0.3) is 0 Å². The molecule has 0 fully saturated rings. The van der Waals surface area contributed by atoms with Crippen LogP contribution in [0, 0.1) is 0 Å². The van der Waals surface area contributed by atoms with Crippen molar-refractivity contribution in [1.29, 1.82) is 0 Å². The molecule has 1 aromatic carbocycles. The van der Waals surface area contributed by atoms with E-state index in [2.05, 4.69) is 6.92 Å². The monoisotopic (exact) mass is 236 g/mol. The van der Waals surface area contributed by atoms with Crippen LogP contribution in [0.15, 0.2) is 24.3 Å². The van der Waals surface area contributed by atoms with Gasteiger partial charge in [0.05, 0.1) is 7.11 Å². The fourth-order valence-electron chi connectivity index (χ4n) is 1.49. The third kappa shape index (κ3) is 4.19. The fourth-order valence-corrected chi connectivity index (χ4v) is 1.49. The van der Waals surface area contributed by atoms with Gasteiger partial charge in [-0.2, -0.15) is 0 Å². The molecule has 0 N–H and O–H groups in total. The highest BCUT2D eigenvalue weighted by Gasteiger charge is 2.15. The molecule has 0 heterocycles. The summed E-state index contributed by atoms with van der Waals surface area (Å²) in [6.07, 6.45) is 1.66. The molecule has 0 aliphatic rings. The molecule has 1 unspecified atom stereocenters. The average molecular weight is 236 g/mol. The topological polar surface area (TPSA) is 35.5 Å². The van der Waals surface area contributed by atoms with Crippen LogP contribution < -0.4 is 4.74 Å². The van der Waals surface area contributed by atoms with Crippen LogP contribution in [0.4, 0.5) is 0 Å². The molecule has 0 spiro atoms. The van der Waals surface area contributed by atoms with Gasteiger partial charge in [-0.3, -0.25) is 4.79 Å². The number of benzene rings is 1. The van der Waals surface area contributed by atoms with Crippen molar-refractivity contribution in [3.63, 3.8) is 0 Å². The highest BCUT2D eigenvalue weighted by Crippen LogP contribution is 2.15. The molecule has 1 aromatic rings. The van der Waals surface area contributed by atoms with Gasteiger partial charge in [-0.1, -0.05) is 25.5 Å². The van der Waals surface area contributed by atoms with Gasteiger partial charge in [-0.05, 0) is 25.5 Å². The number of Topliss-reactive ketones (excluding diaryl/α,β-unsaturated/α-hetero) is 1. The second-order valence-electron chi connectivity index (χ2n) is 3.96. The second kappa shape index (κ2) is 7.07. The van der Waals surface area contributed by atoms with Gasteiger partial charge < -0.3 is 9.47 Å². The van der Waals surface area contributed by atoms with Crippen LogP contribution in [0.25, 0.3) is 0 Å². The number of ketones is 1. The summed E-state index contributed by atoms with van der Waals surface area (Å²) in [6, 6.07) is 7.15. The number of carbonyl (C=O) groups excluding carboxylic acids is 1. The first-order valence-electron chi connectivity index (χ1n) is 5.99. The fraction of sp³-hybridized carbons (Fsp3) is 0.500. The number of carbonyl (C=O) groups is 1. The van der Waals surface area contributed by atoms with Crippen LogP contribution in [0.1, 0.15) is 37.0 Å². The van der Waals surface area contributed by atoms with Crippen LogP contribution in [0.5, 0.6) is 5.75 Å². The molecule has 0 amide bonds. The highest BCUT2D eigenvalue weighted by atomic mass is 16.5. The van der Waals surface area contributed by atoms with Crippen molar-refractivity contribution in [3.05, 3.63) is 29.8 Å². The van der Waals surface area contributed by atoms with E-state index in [0.29, 0.717) is 17.9 Å². The molecule has 17 heavy (non-hydrogen) atoms. The van der Waals surface area contributed by atoms with Gasteiger partial charge in [0.2, 0.25) is 0 Å². The maximum absolute atomic E-state index is 12.0. The summed E-state index contributed by atoms with van der Waals surface area (Å²) in [4.78, 5) is 12.0. The number of unbranched alkanes of at least 4 members (excludes halogenated alkanes) is 1. The number of methoxy groups -OCH3 is 1. The van der Waals surface area contributed by atoms with Crippen molar-refractivity contribution in [3.8, 4) is 5.75 Å².